The van der Waals surface area contributed by atoms with Gasteiger partial charge in [0.1, 0.15) is 35.9 Å². The van der Waals surface area contributed by atoms with Crippen molar-refractivity contribution in [3.8, 4) is 22.6 Å². The number of benzene rings is 3. The number of carbonyl (C=O) groups excluding carboxylic acids is 3. The molecule has 3 amide bonds. The van der Waals surface area contributed by atoms with Crippen LogP contribution < -0.4 is 15.4 Å². The van der Waals surface area contributed by atoms with Gasteiger partial charge in [-0.1, -0.05) is 35.9 Å². The first-order valence-electron chi connectivity index (χ1n) is 17.2. The summed E-state index contributed by atoms with van der Waals surface area (Å²) in [6.07, 6.45) is 4.00. The summed E-state index contributed by atoms with van der Waals surface area (Å²) in [4.78, 5) is 51.5. The van der Waals surface area contributed by atoms with Gasteiger partial charge < -0.3 is 30.1 Å². The molecule has 282 valence electrons. The number of amides is 3. The van der Waals surface area contributed by atoms with Crippen LogP contribution in [0.2, 0.25) is 5.02 Å². The van der Waals surface area contributed by atoms with E-state index < -0.39 is 41.5 Å². The van der Waals surface area contributed by atoms with E-state index >= 15 is 0 Å². The molecule has 2 aromatic heterocycles. The summed E-state index contributed by atoms with van der Waals surface area (Å²) in [7, 11) is 0. The molecule has 0 saturated carbocycles. The minimum Gasteiger partial charge on any atom is -0.488 e. The summed E-state index contributed by atoms with van der Waals surface area (Å²) in [5.74, 6) is -1.97. The summed E-state index contributed by atoms with van der Waals surface area (Å²) in [5, 5.41) is 25.2. The van der Waals surface area contributed by atoms with Crippen LogP contribution in [0.1, 0.15) is 44.0 Å². The van der Waals surface area contributed by atoms with Crippen molar-refractivity contribution in [3.63, 3.8) is 0 Å². The van der Waals surface area contributed by atoms with Crippen LogP contribution in [0.4, 0.5) is 9.18 Å². The molecule has 1 aliphatic heterocycles. The molecule has 0 spiro atoms. The number of halogens is 2. The molecule has 1 fully saturated rings. The van der Waals surface area contributed by atoms with E-state index in [9.17, 15) is 28.7 Å². The van der Waals surface area contributed by atoms with E-state index in [0.717, 1.165) is 22.6 Å². The van der Waals surface area contributed by atoms with Crippen molar-refractivity contribution in [1.29, 1.82) is 0 Å². The smallest absolute Gasteiger partial charge is 0.407 e. The standard InChI is InChI=1S/C38H39ClFN7O7/c1-38(2,3)54-37(52)42-14-6-13-41-34(48)22-45-21-29-28(9-5-10-31(29)44-45)23-7-4-8-26(15-23)53-27-17-33(36(50)51)46(20-27)35(49)24-18-43-47(19-24)32-12-11-25(40)16-30(32)39/h4-5,7-12,15-16,18-19,21,27,33H,6,13-14,17,20,22H2,1-3H3,(H,41,48)(H,42,52)(H,50,51)/t27-,33-/m0/s1. The van der Waals surface area contributed by atoms with Gasteiger partial charge in [0.05, 0.1) is 34.5 Å². The molecule has 14 nitrogen and oxygen atoms in total. The molecule has 1 aliphatic rings. The van der Waals surface area contributed by atoms with Gasteiger partial charge >= 0.3 is 12.1 Å². The number of hydrogen-bond donors (Lipinski definition) is 3. The van der Waals surface area contributed by atoms with Crippen LogP contribution in [0.25, 0.3) is 27.7 Å². The second-order valence-corrected chi connectivity index (χ2v) is 14.2. The predicted octanol–water partition coefficient (Wildman–Crippen LogP) is 5.46. The van der Waals surface area contributed by atoms with Gasteiger partial charge in [0.2, 0.25) is 5.91 Å². The number of aromatic nitrogens is 4. The van der Waals surface area contributed by atoms with Crippen LogP contribution in [-0.4, -0.2) is 90.8 Å². The first-order chi connectivity index (χ1) is 25.7. The molecule has 6 rings (SSSR count). The van der Waals surface area contributed by atoms with E-state index in [2.05, 4.69) is 20.8 Å². The Morgan fingerprint density at radius 3 is 2.56 bits per heavy atom. The molecule has 5 aromatic rings. The average molecular weight is 760 g/mol. The summed E-state index contributed by atoms with van der Waals surface area (Å²) in [6, 6.07) is 15.6. The summed E-state index contributed by atoms with van der Waals surface area (Å²) >= 11 is 6.16. The van der Waals surface area contributed by atoms with Gasteiger partial charge in [-0.3, -0.25) is 14.3 Å². The highest BCUT2D eigenvalue weighted by atomic mass is 35.5. The van der Waals surface area contributed by atoms with Crippen molar-refractivity contribution in [2.45, 2.75) is 57.9 Å². The number of fused-ring (bicyclic) bond motifs is 1. The number of carbonyl (C=O) groups is 4. The van der Waals surface area contributed by atoms with E-state index in [1.807, 2.05) is 36.4 Å². The summed E-state index contributed by atoms with van der Waals surface area (Å²) < 4.78 is 27.9. The van der Waals surface area contributed by atoms with Crippen LogP contribution >= 0.6 is 11.6 Å². The van der Waals surface area contributed by atoms with Gasteiger partial charge in [0.15, 0.2) is 0 Å². The number of alkyl carbamates (subject to hydrolysis) is 1. The van der Waals surface area contributed by atoms with E-state index in [0.29, 0.717) is 36.5 Å². The Morgan fingerprint density at radius 1 is 1.02 bits per heavy atom. The molecule has 0 unspecified atom stereocenters. The van der Waals surface area contributed by atoms with Crippen molar-refractivity contribution in [2.75, 3.05) is 19.6 Å². The number of carboxylic acid groups (broad SMARTS) is 1. The van der Waals surface area contributed by atoms with Crippen molar-refractivity contribution >= 4 is 46.4 Å². The lowest BCUT2D eigenvalue weighted by molar-refractivity contribution is -0.141. The highest BCUT2D eigenvalue weighted by Crippen LogP contribution is 2.32. The lowest BCUT2D eigenvalue weighted by Crippen LogP contribution is -2.40. The van der Waals surface area contributed by atoms with Crippen LogP contribution in [0.5, 0.6) is 5.75 Å². The number of aliphatic carboxylic acids is 1. The average Bonchev–Trinajstić information content (AvgIpc) is 3.86. The molecule has 2 atom stereocenters. The van der Waals surface area contributed by atoms with Crippen molar-refractivity contribution in [1.82, 2.24) is 35.1 Å². The van der Waals surface area contributed by atoms with Gasteiger partial charge in [-0.25, -0.2) is 18.7 Å². The number of nitrogens with zero attached hydrogens (tertiary/aromatic N) is 5. The van der Waals surface area contributed by atoms with Gasteiger partial charge in [-0.05, 0) is 74.7 Å². The van der Waals surface area contributed by atoms with Crippen LogP contribution in [-0.2, 0) is 20.9 Å². The normalized spacial score (nSPS) is 15.6. The summed E-state index contributed by atoms with van der Waals surface area (Å²) in [6.45, 7) is 6.09. The topological polar surface area (TPSA) is 170 Å². The van der Waals surface area contributed by atoms with E-state index in [1.54, 1.807) is 37.7 Å². The largest absolute Gasteiger partial charge is 0.488 e. The molecule has 54 heavy (non-hydrogen) atoms. The molecular weight excluding hydrogens is 721 g/mol. The molecule has 3 heterocycles. The molecule has 0 bridgehead atoms. The maximum Gasteiger partial charge on any atom is 0.407 e. The lowest BCUT2D eigenvalue weighted by Gasteiger charge is -2.20. The van der Waals surface area contributed by atoms with Crippen LogP contribution in [0, 0.1) is 5.82 Å². The number of likely N-dealkylation sites (tertiary alicyclic amines) is 1. The monoisotopic (exact) mass is 759 g/mol. The number of nitrogens with one attached hydrogen (secondary N) is 2. The van der Waals surface area contributed by atoms with Crippen molar-refractivity contribution < 1.29 is 38.1 Å². The minimum atomic E-state index is -1.16. The summed E-state index contributed by atoms with van der Waals surface area (Å²) in [5.41, 5.74) is 2.27. The van der Waals surface area contributed by atoms with Gasteiger partial charge in [-0.2, -0.15) is 10.2 Å². The molecule has 0 radical (unpaired) electrons. The molecule has 1 saturated heterocycles. The maximum atomic E-state index is 13.5. The third-order valence-corrected chi connectivity index (χ3v) is 8.79. The Morgan fingerprint density at radius 2 is 1.80 bits per heavy atom. The van der Waals surface area contributed by atoms with Crippen LogP contribution in [0.15, 0.2) is 79.3 Å². The van der Waals surface area contributed by atoms with E-state index in [1.165, 1.54) is 34.1 Å². The van der Waals surface area contributed by atoms with E-state index in [4.69, 9.17) is 21.1 Å². The molecule has 0 aliphatic carbocycles. The molecule has 3 aromatic carbocycles. The second kappa shape index (κ2) is 16.0. The fourth-order valence-electron chi connectivity index (χ4n) is 6.12. The first-order valence-corrected chi connectivity index (χ1v) is 17.6. The van der Waals surface area contributed by atoms with Gasteiger partial charge in [0, 0.05) is 37.3 Å². The van der Waals surface area contributed by atoms with Gasteiger partial charge in [-0.15, -0.1) is 0 Å². The van der Waals surface area contributed by atoms with Crippen LogP contribution in [0.3, 0.4) is 0 Å². The number of rotatable bonds is 12. The SMILES string of the molecule is CC(C)(C)OC(=O)NCCCNC(=O)Cn1cc2c(-c3cccc(O[C@H]4C[C@@H](C(=O)O)N(C(=O)c5cnn(-c6ccc(F)cc6Cl)c5)C4)c3)cccc2n1. The fourth-order valence-corrected chi connectivity index (χ4v) is 6.37. The number of ether oxygens (including phenoxy) is 2. The zero-order valence-electron chi connectivity index (χ0n) is 29.8. The Labute approximate surface area is 314 Å². The highest BCUT2D eigenvalue weighted by Gasteiger charge is 2.41. The maximum absolute atomic E-state index is 13.5. The Bertz CT molecular complexity index is 2200. The Balaban J connectivity index is 1.08. The zero-order valence-corrected chi connectivity index (χ0v) is 30.5. The third-order valence-electron chi connectivity index (χ3n) is 8.49. The number of carboxylic acids is 1. The predicted molar refractivity (Wildman–Crippen MR) is 197 cm³/mol. The zero-order chi connectivity index (χ0) is 38.6. The Hall–Kier alpha value is -5.96. The molecular formula is C38H39ClFN7O7. The van der Waals surface area contributed by atoms with Crippen molar-refractivity contribution in [3.05, 3.63) is 95.7 Å². The first kappa shape index (κ1) is 37.8. The lowest BCUT2D eigenvalue weighted by atomic mass is 10.0. The van der Waals surface area contributed by atoms with E-state index in [-0.39, 0.29) is 36.0 Å². The molecule has 16 heteroatoms. The van der Waals surface area contributed by atoms with Crippen molar-refractivity contribution in [2.24, 2.45) is 0 Å². The Kier molecular flexibility index (Phi) is 11.2. The third kappa shape index (κ3) is 9.15. The highest BCUT2D eigenvalue weighted by molar-refractivity contribution is 6.32. The second-order valence-electron chi connectivity index (χ2n) is 13.8. The minimum absolute atomic E-state index is 0.000812. The number of hydrogen-bond acceptors (Lipinski definition) is 8. The fraction of sp³-hybridized carbons (Fsp3) is 0.316. The van der Waals surface area contributed by atoms with Gasteiger partial charge in [0.25, 0.3) is 5.91 Å². The molecule has 3 N–H and O–H groups in total. The quantitative estimate of drug-likeness (QED) is 0.140.